The minimum absolute atomic E-state index is 0.159. The average molecular weight is 318 g/mol. The Bertz CT molecular complexity index is 640. The van der Waals surface area contributed by atoms with E-state index < -0.39 is 23.6 Å². The molecule has 0 radical (unpaired) electrons. The Morgan fingerprint density at radius 1 is 1.10 bits per heavy atom. The van der Waals surface area contributed by atoms with Crippen molar-refractivity contribution in [2.75, 3.05) is 7.05 Å². The van der Waals surface area contributed by atoms with Gasteiger partial charge in [-0.05, 0) is 42.4 Å². The second-order valence-electron chi connectivity index (χ2n) is 4.51. The standard InChI is InChI=1S/C15H12ClF4N/c1-21-14(12-6-5-11(17)8-13(12)16)9-3-2-4-10(7-9)15(18,19)20/h2-8,14,21H,1H3. The normalized spacial score (nSPS) is 13.2. The van der Waals surface area contributed by atoms with Gasteiger partial charge < -0.3 is 5.32 Å². The van der Waals surface area contributed by atoms with Gasteiger partial charge in [0.15, 0.2) is 0 Å². The number of rotatable bonds is 3. The van der Waals surface area contributed by atoms with Gasteiger partial charge in [0.25, 0.3) is 0 Å². The fraction of sp³-hybridized carbons (Fsp3) is 0.200. The van der Waals surface area contributed by atoms with Gasteiger partial charge in [0.05, 0.1) is 11.6 Å². The Balaban J connectivity index is 2.47. The van der Waals surface area contributed by atoms with E-state index in [-0.39, 0.29) is 5.02 Å². The van der Waals surface area contributed by atoms with Gasteiger partial charge in [-0.3, -0.25) is 0 Å². The van der Waals surface area contributed by atoms with Crippen LogP contribution in [0.5, 0.6) is 0 Å². The molecule has 1 atom stereocenters. The molecule has 6 heteroatoms. The zero-order chi connectivity index (χ0) is 15.6. The second-order valence-corrected chi connectivity index (χ2v) is 4.92. The average Bonchev–Trinajstić information content (AvgIpc) is 2.41. The number of nitrogens with one attached hydrogen (secondary N) is 1. The van der Waals surface area contributed by atoms with Crippen molar-refractivity contribution in [2.45, 2.75) is 12.2 Å². The summed E-state index contributed by atoms with van der Waals surface area (Å²) in [5.41, 5.74) is 0.180. The Morgan fingerprint density at radius 3 is 2.38 bits per heavy atom. The van der Waals surface area contributed by atoms with E-state index in [1.165, 1.54) is 18.2 Å². The van der Waals surface area contributed by atoms with E-state index in [0.29, 0.717) is 11.1 Å². The van der Waals surface area contributed by atoms with E-state index >= 15 is 0 Å². The molecule has 0 amide bonds. The summed E-state index contributed by atoms with van der Waals surface area (Å²) in [5.74, 6) is -0.498. The number of benzene rings is 2. The van der Waals surface area contributed by atoms with Crippen molar-refractivity contribution in [1.29, 1.82) is 0 Å². The van der Waals surface area contributed by atoms with Crippen molar-refractivity contribution in [3.8, 4) is 0 Å². The quantitative estimate of drug-likeness (QED) is 0.801. The summed E-state index contributed by atoms with van der Waals surface area (Å²) in [4.78, 5) is 0. The number of hydrogen-bond acceptors (Lipinski definition) is 1. The SMILES string of the molecule is CNC(c1cccc(C(F)(F)F)c1)c1ccc(F)cc1Cl. The molecule has 0 saturated carbocycles. The lowest BCUT2D eigenvalue weighted by Gasteiger charge is -2.20. The van der Waals surface area contributed by atoms with Crippen LogP contribution in [0.4, 0.5) is 17.6 Å². The summed E-state index contributed by atoms with van der Waals surface area (Å²) in [6.07, 6.45) is -4.42. The van der Waals surface area contributed by atoms with Crippen LogP contribution in [0.25, 0.3) is 0 Å². The topological polar surface area (TPSA) is 12.0 Å². The smallest absolute Gasteiger partial charge is 0.309 e. The van der Waals surface area contributed by atoms with Crippen molar-refractivity contribution in [3.05, 3.63) is 70.0 Å². The molecule has 21 heavy (non-hydrogen) atoms. The highest BCUT2D eigenvalue weighted by atomic mass is 35.5. The molecular weight excluding hydrogens is 306 g/mol. The van der Waals surface area contributed by atoms with Gasteiger partial charge in [-0.15, -0.1) is 0 Å². The van der Waals surface area contributed by atoms with E-state index in [1.807, 2.05) is 0 Å². The first-order valence-electron chi connectivity index (χ1n) is 6.12. The van der Waals surface area contributed by atoms with Crippen LogP contribution in [-0.2, 0) is 6.18 Å². The van der Waals surface area contributed by atoms with E-state index in [4.69, 9.17) is 11.6 Å². The first-order chi connectivity index (χ1) is 9.82. The summed E-state index contributed by atoms with van der Waals surface area (Å²) in [6, 6.07) is 8.22. The van der Waals surface area contributed by atoms with Crippen molar-refractivity contribution >= 4 is 11.6 Å². The number of alkyl halides is 3. The summed E-state index contributed by atoms with van der Waals surface area (Å²) < 4.78 is 51.4. The molecule has 0 aliphatic carbocycles. The number of halogens is 5. The third kappa shape index (κ3) is 3.54. The van der Waals surface area contributed by atoms with Crippen LogP contribution >= 0.6 is 11.6 Å². The predicted molar refractivity (Wildman–Crippen MR) is 73.8 cm³/mol. The maximum absolute atomic E-state index is 13.1. The van der Waals surface area contributed by atoms with Crippen LogP contribution in [0.1, 0.15) is 22.7 Å². The lowest BCUT2D eigenvalue weighted by molar-refractivity contribution is -0.137. The van der Waals surface area contributed by atoms with Crippen LogP contribution in [0.2, 0.25) is 5.02 Å². The molecule has 0 aliphatic rings. The third-order valence-electron chi connectivity index (χ3n) is 3.11. The molecule has 2 rings (SSSR count). The van der Waals surface area contributed by atoms with Gasteiger partial charge in [0.1, 0.15) is 5.82 Å². The first kappa shape index (κ1) is 15.8. The molecule has 0 fully saturated rings. The van der Waals surface area contributed by atoms with Crippen molar-refractivity contribution < 1.29 is 17.6 Å². The molecule has 1 nitrogen and oxygen atoms in total. The lowest BCUT2D eigenvalue weighted by Crippen LogP contribution is -2.19. The summed E-state index contributed by atoms with van der Waals surface area (Å²) in [7, 11) is 1.60. The molecular formula is C15H12ClF4N. The van der Waals surface area contributed by atoms with Gasteiger partial charge in [-0.1, -0.05) is 29.8 Å². The van der Waals surface area contributed by atoms with Gasteiger partial charge in [-0.2, -0.15) is 13.2 Å². The minimum atomic E-state index is -4.42. The fourth-order valence-electron chi connectivity index (χ4n) is 2.13. The molecule has 2 aromatic carbocycles. The summed E-state index contributed by atoms with van der Waals surface area (Å²) in [5, 5.41) is 3.06. The molecule has 0 bridgehead atoms. The van der Waals surface area contributed by atoms with Gasteiger partial charge >= 0.3 is 6.18 Å². The van der Waals surface area contributed by atoms with Crippen LogP contribution in [-0.4, -0.2) is 7.05 Å². The molecule has 0 aromatic heterocycles. The van der Waals surface area contributed by atoms with E-state index in [1.54, 1.807) is 13.1 Å². The largest absolute Gasteiger partial charge is 0.416 e. The highest BCUT2D eigenvalue weighted by Crippen LogP contribution is 2.33. The van der Waals surface area contributed by atoms with E-state index in [0.717, 1.165) is 18.2 Å². The van der Waals surface area contributed by atoms with Crippen LogP contribution < -0.4 is 5.32 Å². The highest BCUT2D eigenvalue weighted by Gasteiger charge is 2.31. The number of hydrogen-bond donors (Lipinski definition) is 1. The van der Waals surface area contributed by atoms with Crippen molar-refractivity contribution in [2.24, 2.45) is 0 Å². The van der Waals surface area contributed by atoms with Gasteiger partial charge in [0, 0.05) is 5.02 Å². The fourth-order valence-corrected chi connectivity index (χ4v) is 2.41. The minimum Gasteiger partial charge on any atom is -0.309 e. The van der Waals surface area contributed by atoms with Crippen LogP contribution in [0, 0.1) is 5.82 Å². The maximum atomic E-state index is 13.1. The lowest BCUT2D eigenvalue weighted by atomic mass is 9.97. The molecule has 112 valence electrons. The first-order valence-corrected chi connectivity index (χ1v) is 6.50. The van der Waals surface area contributed by atoms with E-state index in [9.17, 15) is 17.6 Å². The Labute approximate surface area is 124 Å². The van der Waals surface area contributed by atoms with Gasteiger partial charge in [0.2, 0.25) is 0 Å². The van der Waals surface area contributed by atoms with Gasteiger partial charge in [-0.25, -0.2) is 4.39 Å². The maximum Gasteiger partial charge on any atom is 0.416 e. The molecule has 0 saturated heterocycles. The monoisotopic (exact) mass is 317 g/mol. The van der Waals surface area contributed by atoms with Crippen molar-refractivity contribution in [3.63, 3.8) is 0 Å². The Hall–Kier alpha value is -1.59. The highest BCUT2D eigenvalue weighted by molar-refractivity contribution is 6.31. The van der Waals surface area contributed by atoms with E-state index in [2.05, 4.69) is 5.32 Å². The second kappa shape index (κ2) is 6.03. The van der Waals surface area contributed by atoms with Crippen LogP contribution in [0.15, 0.2) is 42.5 Å². The zero-order valence-electron chi connectivity index (χ0n) is 11.0. The molecule has 0 heterocycles. The zero-order valence-corrected chi connectivity index (χ0v) is 11.8. The van der Waals surface area contributed by atoms with Crippen molar-refractivity contribution in [1.82, 2.24) is 5.32 Å². The third-order valence-corrected chi connectivity index (χ3v) is 3.44. The summed E-state index contributed by atoms with van der Waals surface area (Å²) in [6.45, 7) is 0. The van der Waals surface area contributed by atoms with Crippen LogP contribution in [0.3, 0.4) is 0 Å². The molecule has 1 unspecified atom stereocenters. The molecule has 0 spiro atoms. The summed E-state index contributed by atoms with van der Waals surface area (Å²) >= 11 is 5.98. The Morgan fingerprint density at radius 2 is 1.81 bits per heavy atom. The molecule has 0 aliphatic heterocycles. The molecule has 2 aromatic rings. The predicted octanol–water partition coefficient (Wildman–Crippen LogP) is 4.81. The molecule has 1 N–H and O–H groups in total. The Kier molecular flexibility index (Phi) is 4.54.